The Labute approximate surface area is 254 Å². The molecule has 0 unspecified atom stereocenters. The minimum atomic E-state index is 0. The van der Waals surface area contributed by atoms with Crippen molar-refractivity contribution in [2.75, 3.05) is 0 Å². The molecule has 2 radical (unpaired) electrons. The Morgan fingerprint density at radius 2 is 1.15 bits per heavy atom. The van der Waals surface area contributed by atoms with Gasteiger partial charge in [0.2, 0.25) is 0 Å². The maximum atomic E-state index is 3.96. The van der Waals surface area contributed by atoms with E-state index in [1.165, 1.54) is 103 Å². The van der Waals surface area contributed by atoms with Crippen LogP contribution in [-0.2, 0) is 17.1 Å². The van der Waals surface area contributed by atoms with Crippen LogP contribution in [-0.4, -0.2) is 22.6 Å². The number of hydrogen-bond donors (Lipinski definition) is 0. The maximum Gasteiger partial charge on any atom is 2.00 e. The predicted octanol–water partition coefficient (Wildman–Crippen LogP) is 10.8. The molecule has 0 aromatic heterocycles. The van der Waals surface area contributed by atoms with E-state index in [0.717, 1.165) is 28.3 Å². The van der Waals surface area contributed by atoms with Gasteiger partial charge < -0.3 is 0 Å². The average Bonchev–Trinajstić information content (AvgIpc) is 3.72. The first kappa shape index (κ1) is 31.7. The zero-order valence-electron chi connectivity index (χ0n) is 24.4. The van der Waals surface area contributed by atoms with Gasteiger partial charge >= 0.3 is 17.1 Å². The molecule has 1 aromatic rings. The van der Waals surface area contributed by atoms with Crippen molar-refractivity contribution in [2.24, 2.45) is 0 Å². The van der Waals surface area contributed by atoms with Crippen molar-refractivity contribution in [1.29, 1.82) is 0 Å². The van der Waals surface area contributed by atoms with Gasteiger partial charge in [-0.1, -0.05) is 91.9 Å². The molecular formula is C36H50FeP2. The van der Waals surface area contributed by atoms with Crippen LogP contribution in [0.1, 0.15) is 147 Å². The largest absolute Gasteiger partial charge is 2.00 e. The maximum absolute atomic E-state index is 3.96. The average molecular weight is 601 g/mol. The van der Waals surface area contributed by atoms with Gasteiger partial charge in [0.1, 0.15) is 0 Å². The Kier molecular flexibility index (Phi) is 13.9. The summed E-state index contributed by atoms with van der Waals surface area (Å²) in [6.07, 6.45) is 35.3. The second-order valence-electron chi connectivity index (χ2n) is 12.6. The normalized spacial score (nSPS) is 23.7. The zero-order chi connectivity index (χ0) is 26.0. The van der Waals surface area contributed by atoms with Gasteiger partial charge in [0.15, 0.2) is 0 Å². The summed E-state index contributed by atoms with van der Waals surface area (Å²) in [6.45, 7) is 2.69. The first-order valence-corrected chi connectivity index (χ1v) is 19.3. The second-order valence-corrected chi connectivity index (χ2v) is 18.5. The van der Waals surface area contributed by atoms with E-state index in [-0.39, 0.29) is 32.9 Å². The van der Waals surface area contributed by atoms with Gasteiger partial charge in [0.05, 0.1) is 0 Å². The van der Waals surface area contributed by atoms with E-state index >= 15 is 0 Å². The first-order valence-electron chi connectivity index (χ1n) is 16.3. The Hall–Kier alpha value is -0.191. The molecule has 5 aliphatic rings. The standard InChI is InChI=1S/C31H50P2.C5.Fe/c1-25(32(26-15-6-2-7-16-26)27-17-8-3-9-18-27)30-23-14-24-31(30)33(28-19-10-4-11-20-28)29-21-12-5-13-22-29;1-2-4-5-3-1;/h14,24-29H,2-13,15-22H2,1H3;;/q2*-1;+2/t25-;;/m1../s1. The van der Waals surface area contributed by atoms with Crippen LogP contribution in [0.3, 0.4) is 0 Å². The number of rotatable bonds is 7. The van der Waals surface area contributed by atoms with Crippen LogP contribution >= 0.6 is 15.8 Å². The first-order chi connectivity index (χ1) is 18.8. The Balaban J connectivity index is 0.000000530. The molecule has 0 bridgehead atoms. The van der Waals surface area contributed by atoms with Gasteiger partial charge in [0, 0.05) is 0 Å². The molecule has 4 fully saturated rings. The molecule has 1 atom stereocenters. The molecule has 6 rings (SSSR count). The Morgan fingerprint density at radius 3 is 1.54 bits per heavy atom. The Morgan fingerprint density at radius 1 is 0.692 bits per heavy atom. The molecule has 0 N–H and O–H groups in total. The summed E-state index contributed by atoms with van der Waals surface area (Å²) in [5.74, 6) is 0. The molecule has 3 heteroatoms. The fourth-order valence-corrected chi connectivity index (χ4v) is 16.7. The van der Waals surface area contributed by atoms with Crippen LogP contribution < -0.4 is 5.30 Å². The third-order valence-corrected chi connectivity index (χ3v) is 17.6. The molecule has 5 aliphatic carbocycles. The van der Waals surface area contributed by atoms with Crippen molar-refractivity contribution in [2.45, 2.75) is 164 Å². The molecule has 1 aromatic carbocycles. The number of hydrogen-bond acceptors (Lipinski definition) is 0. The summed E-state index contributed by atoms with van der Waals surface area (Å²) in [6, 6.07) is 8.93. The summed E-state index contributed by atoms with van der Waals surface area (Å²) in [4.78, 5) is 0. The van der Waals surface area contributed by atoms with E-state index in [1.807, 2.05) is 5.30 Å². The summed E-state index contributed by atoms with van der Waals surface area (Å²) in [5, 5.41) is 1.87. The van der Waals surface area contributed by atoms with Crippen LogP contribution in [0, 0.1) is 18.2 Å². The topological polar surface area (TPSA) is 0 Å². The monoisotopic (exact) mass is 600 g/mol. The van der Waals surface area contributed by atoms with Crippen LogP contribution in [0.5, 0.6) is 0 Å². The summed E-state index contributed by atoms with van der Waals surface area (Å²) in [7, 11) is 0.106. The molecule has 0 heterocycles. The molecule has 0 nitrogen and oxygen atoms in total. The Bertz CT molecular complexity index is 913. The van der Waals surface area contributed by atoms with Gasteiger partial charge in [-0.2, -0.15) is 11.6 Å². The van der Waals surface area contributed by atoms with Gasteiger partial charge in [-0.15, -0.1) is 25.4 Å². The van der Waals surface area contributed by atoms with E-state index in [9.17, 15) is 0 Å². The summed E-state index contributed by atoms with van der Waals surface area (Å²) in [5.41, 5.74) is 14.2. The number of allylic oxidation sites excluding steroid dienone is 2. The fraction of sp³-hybridized carbons (Fsp3) is 0.722. The van der Waals surface area contributed by atoms with Crippen LogP contribution in [0.25, 0.3) is 0 Å². The molecule has 0 aliphatic heterocycles. The molecule has 39 heavy (non-hydrogen) atoms. The fourth-order valence-electron chi connectivity index (χ4n) is 8.34. The minimum Gasteiger partial charge on any atom is -0.288 e. The van der Waals surface area contributed by atoms with Crippen LogP contribution in [0.15, 0.2) is 29.3 Å². The van der Waals surface area contributed by atoms with Gasteiger partial charge in [0.25, 0.3) is 0 Å². The third kappa shape index (κ3) is 8.66. The van der Waals surface area contributed by atoms with E-state index in [0.29, 0.717) is 0 Å². The van der Waals surface area contributed by atoms with E-state index < -0.39 is 0 Å². The zero-order valence-corrected chi connectivity index (χ0v) is 27.3. The summed E-state index contributed by atoms with van der Waals surface area (Å²) < 4.78 is 0. The molecule has 0 spiro atoms. The van der Waals surface area contributed by atoms with Crippen LogP contribution in [0.2, 0.25) is 0 Å². The van der Waals surface area contributed by atoms with E-state index in [1.54, 1.807) is 31.2 Å². The minimum absolute atomic E-state index is 0. The summed E-state index contributed by atoms with van der Waals surface area (Å²) >= 11 is 0. The SMILES string of the molecule is C[C@H](c1[c]cc[c-]1P(C1CCCCC1)C1CCCCC1)P(C1CCCCC1)C1CCCCC1.[C]1=C=C=C=[C-]1.[Fe+2]. The smallest absolute Gasteiger partial charge is 0.288 e. The predicted molar refractivity (Wildman–Crippen MR) is 167 cm³/mol. The second kappa shape index (κ2) is 17.1. The van der Waals surface area contributed by atoms with Gasteiger partial charge in [-0.3, -0.25) is 11.5 Å². The van der Waals surface area contributed by atoms with Crippen LogP contribution in [0.4, 0.5) is 0 Å². The van der Waals surface area contributed by atoms with Crippen molar-refractivity contribution in [3.8, 4) is 0 Å². The van der Waals surface area contributed by atoms with Gasteiger partial charge in [-0.25, -0.2) is 17.9 Å². The quantitative estimate of drug-likeness (QED) is 0.126. The van der Waals surface area contributed by atoms with E-state index in [2.05, 4.69) is 54.5 Å². The molecule has 0 saturated heterocycles. The van der Waals surface area contributed by atoms with Crippen molar-refractivity contribution >= 4 is 21.1 Å². The van der Waals surface area contributed by atoms with Crippen molar-refractivity contribution < 1.29 is 17.1 Å². The van der Waals surface area contributed by atoms with Crippen molar-refractivity contribution in [3.05, 3.63) is 53.1 Å². The van der Waals surface area contributed by atoms with Gasteiger partial charge in [-0.05, 0) is 79.7 Å². The van der Waals surface area contributed by atoms with Crippen molar-refractivity contribution in [3.63, 3.8) is 0 Å². The molecule has 212 valence electrons. The van der Waals surface area contributed by atoms with Crippen molar-refractivity contribution in [1.82, 2.24) is 0 Å². The molecule has 4 saturated carbocycles. The third-order valence-electron chi connectivity index (χ3n) is 10.1. The molecular weight excluding hydrogens is 550 g/mol. The van der Waals surface area contributed by atoms with E-state index in [4.69, 9.17) is 0 Å². The molecule has 0 amide bonds.